The number of carboxylic acids is 1. The standard InChI is InChI=1S/C14H18F3NO3/c1-3-21-12-7-5-4-6-11(12)10(2)18(8-13(19)20)9-14(15,16)17/h4-7,10H,3,8-9H2,1-2H3,(H,19,20). The van der Waals surface area contributed by atoms with Crippen LogP contribution in [0.4, 0.5) is 13.2 Å². The summed E-state index contributed by atoms with van der Waals surface area (Å²) in [7, 11) is 0. The SMILES string of the molecule is CCOc1ccccc1C(C)N(CC(=O)O)CC(F)(F)F. The molecule has 7 heteroatoms. The molecule has 0 amide bonds. The fraction of sp³-hybridized carbons (Fsp3) is 0.500. The van der Waals surface area contributed by atoms with E-state index in [1.54, 1.807) is 31.2 Å². The van der Waals surface area contributed by atoms with Gasteiger partial charge in [0.05, 0.1) is 19.7 Å². The van der Waals surface area contributed by atoms with Crippen molar-refractivity contribution in [3.63, 3.8) is 0 Å². The van der Waals surface area contributed by atoms with Gasteiger partial charge in [-0.2, -0.15) is 13.2 Å². The van der Waals surface area contributed by atoms with Crippen LogP contribution >= 0.6 is 0 Å². The lowest BCUT2D eigenvalue weighted by molar-refractivity contribution is -0.158. The number of nitrogens with zero attached hydrogens (tertiary/aromatic N) is 1. The van der Waals surface area contributed by atoms with Gasteiger partial charge in [-0.25, -0.2) is 0 Å². The van der Waals surface area contributed by atoms with Crippen LogP contribution in [0.25, 0.3) is 0 Å². The van der Waals surface area contributed by atoms with Crippen LogP contribution < -0.4 is 4.74 Å². The first kappa shape index (κ1) is 17.3. The second-order valence-corrected chi connectivity index (χ2v) is 4.56. The Morgan fingerprint density at radius 3 is 2.52 bits per heavy atom. The molecule has 1 N–H and O–H groups in total. The summed E-state index contributed by atoms with van der Waals surface area (Å²) in [5.74, 6) is -0.843. The van der Waals surface area contributed by atoms with E-state index in [4.69, 9.17) is 9.84 Å². The van der Waals surface area contributed by atoms with E-state index in [1.165, 1.54) is 6.92 Å². The van der Waals surface area contributed by atoms with E-state index >= 15 is 0 Å². The van der Waals surface area contributed by atoms with Crippen LogP contribution in [0.5, 0.6) is 5.75 Å². The van der Waals surface area contributed by atoms with Gasteiger partial charge in [0, 0.05) is 11.6 Å². The highest BCUT2D eigenvalue weighted by atomic mass is 19.4. The van der Waals surface area contributed by atoms with Crippen LogP contribution in [0.1, 0.15) is 25.5 Å². The maximum absolute atomic E-state index is 12.6. The zero-order chi connectivity index (χ0) is 16.0. The van der Waals surface area contributed by atoms with E-state index in [9.17, 15) is 18.0 Å². The molecule has 1 rings (SSSR count). The molecule has 1 aromatic carbocycles. The average Bonchev–Trinajstić information content (AvgIpc) is 2.36. The van der Waals surface area contributed by atoms with Crippen LogP contribution in [-0.2, 0) is 4.79 Å². The van der Waals surface area contributed by atoms with E-state index in [0.717, 1.165) is 4.90 Å². The Balaban J connectivity index is 3.04. The first-order valence-corrected chi connectivity index (χ1v) is 6.49. The molecule has 118 valence electrons. The summed E-state index contributed by atoms with van der Waals surface area (Å²) in [5, 5.41) is 8.81. The number of para-hydroxylation sites is 1. The van der Waals surface area contributed by atoms with Gasteiger partial charge < -0.3 is 9.84 Å². The minimum atomic E-state index is -4.47. The number of hydrogen-bond donors (Lipinski definition) is 1. The normalized spacial score (nSPS) is 13.2. The number of halogens is 3. The fourth-order valence-corrected chi connectivity index (χ4v) is 2.04. The first-order valence-electron chi connectivity index (χ1n) is 6.49. The summed E-state index contributed by atoms with van der Waals surface area (Å²) >= 11 is 0. The molecule has 0 spiro atoms. The van der Waals surface area contributed by atoms with Gasteiger partial charge in [-0.15, -0.1) is 0 Å². The quantitative estimate of drug-likeness (QED) is 0.841. The van der Waals surface area contributed by atoms with Crippen molar-refractivity contribution >= 4 is 5.97 Å². The molecule has 0 heterocycles. The number of carbonyl (C=O) groups is 1. The van der Waals surface area contributed by atoms with Crippen LogP contribution in [0, 0.1) is 0 Å². The molecule has 0 aliphatic carbocycles. The average molecular weight is 305 g/mol. The third-order valence-electron chi connectivity index (χ3n) is 2.94. The molecule has 1 atom stereocenters. The summed E-state index contributed by atoms with van der Waals surface area (Å²) in [6.07, 6.45) is -4.47. The number of rotatable bonds is 7. The molecule has 0 aliphatic rings. The maximum Gasteiger partial charge on any atom is 0.401 e. The zero-order valence-corrected chi connectivity index (χ0v) is 11.9. The largest absolute Gasteiger partial charge is 0.494 e. The Bertz CT molecular complexity index is 477. The van der Waals surface area contributed by atoms with Crippen molar-refractivity contribution in [2.24, 2.45) is 0 Å². The predicted octanol–water partition coefficient (Wildman–Crippen LogP) is 3.10. The van der Waals surface area contributed by atoms with Gasteiger partial charge >= 0.3 is 12.1 Å². The highest BCUT2D eigenvalue weighted by Gasteiger charge is 2.34. The predicted molar refractivity (Wildman–Crippen MR) is 71.3 cm³/mol. The van der Waals surface area contributed by atoms with Crippen LogP contribution in [-0.4, -0.2) is 41.8 Å². The van der Waals surface area contributed by atoms with Crippen molar-refractivity contribution < 1.29 is 27.8 Å². The second-order valence-electron chi connectivity index (χ2n) is 4.56. The van der Waals surface area contributed by atoms with Crippen molar-refractivity contribution in [3.05, 3.63) is 29.8 Å². The Hall–Kier alpha value is -1.76. The van der Waals surface area contributed by atoms with Gasteiger partial charge in [-0.1, -0.05) is 18.2 Å². The van der Waals surface area contributed by atoms with Gasteiger partial charge in [0.25, 0.3) is 0 Å². The van der Waals surface area contributed by atoms with E-state index in [-0.39, 0.29) is 0 Å². The number of aliphatic carboxylic acids is 1. The third-order valence-corrected chi connectivity index (χ3v) is 2.94. The minimum absolute atomic E-state index is 0.377. The topological polar surface area (TPSA) is 49.8 Å². The molecule has 0 saturated carbocycles. The lowest BCUT2D eigenvalue weighted by Crippen LogP contribution is -2.39. The van der Waals surface area contributed by atoms with Crippen molar-refractivity contribution in [3.8, 4) is 5.75 Å². The Morgan fingerprint density at radius 2 is 2.00 bits per heavy atom. The lowest BCUT2D eigenvalue weighted by Gasteiger charge is -2.29. The summed E-state index contributed by atoms with van der Waals surface area (Å²) in [6.45, 7) is 1.70. The fourth-order valence-electron chi connectivity index (χ4n) is 2.04. The van der Waals surface area contributed by atoms with E-state index in [1.807, 2.05) is 0 Å². The van der Waals surface area contributed by atoms with Gasteiger partial charge in [-0.05, 0) is 19.9 Å². The second kappa shape index (κ2) is 7.31. The molecule has 0 saturated heterocycles. The number of hydrogen-bond acceptors (Lipinski definition) is 3. The summed E-state index contributed by atoms with van der Waals surface area (Å²) in [4.78, 5) is 11.7. The van der Waals surface area contributed by atoms with Crippen molar-refractivity contribution in [2.75, 3.05) is 19.7 Å². The molecular formula is C14H18F3NO3. The number of benzene rings is 1. The molecule has 0 fully saturated rings. The Kier molecular flexibility index (Phi) is 6.02. The van der Waals surface area contributed by atoms with Gasteiger partial charge in [0.15, 0.2) is 0 Å². The van der Waals surface area contributed by atoms with E-state index in [0.29, 0.717) is 17.9 Å². The Morgan fingerprint density at radius 1 is 1.38 bits per heavy atom. The Labute approximate surface area is 121 Å². The highest BCUT2D eigenvalue weighted by molar-refractivity contribution is 5.69. The lowest BCUT2D eigenvalue weighted by atomic mass is 10.1. The number of carboxylic acid groups (broad SMARTS) is 1. The molecule has 1 unspecified atom stereocenters. The molecule has 4 nitrogen and oxygen atoms in total. The molecule has 0 aromatic heterocycles. The van der Waals surface area contributed by atoms with Crippen molar-refractivity contribution in [1.29, 1.82) is 0 Å². The number of alkyl halides is 3. The molecule has 21 heavy (non-hydrogen) atoms. The van der Waals surface area contributed by atoms with Crippen molar-refractivity contribution in [1.82, 2.24) is 4.90 Å². The van der Waals surface area contributed by atoms with Crippen LogP contribution in [0.2, 0.25) is 0 Å². The molecule has 1 aromatic rings. The highest BCUT2D eigenvalue weighted by Crippen LogP contribution is 2.31. The monoisotopic (exact) mass is 305 g/mol. The van der Waals surface area contributed by atoms with Crippen molar-refractivity contribution in [2.45, 2.75) is 26.1 Å². The number of ether oxygens (including phenoxy) is 1. The third kappa shape index (κ3) is 5.63. The molecular weight excluding hydrogens is 287 g/mol. The summed E-state index contributed by atoms with van der Waals surface area (Å²) in [5.41, 5.74) is 0.532. The van der Waals surface area contributed by atoms with Crippen LogP contribution in [0.15, 0.2) is 24.3 Å². The minimum Gasteiger partial charge on any atom is -0.494 e. The first-order chi connectivity index (χ1) is 9.74. The van der Waals surface area contributed by atoms with Crippen LogP contribution in [0.3, 0.4) is 0 Å². The zero-order valence-electron chi connectivity index (χ0n) is 11.9. The summed E-state index contributed by atoms with van der Waals surface area (Å²) < 4.78 is 43.2. The smallest absolute Gasteiger partial charge is 0.401 e. The summed E-state index contributed by atoms with van der Waals surface area (Å²) in [6, 6.07) is 5.96. The molecule has 0 aliphatic heterocycles. The van der Waals surface area contributed by atoms with E-state index < -0.39 is 31.3 Å². The molecule has 0 radical (unpaired) electrons. The van der Waals surface area contributed by atoms with E-state index in [2.05, 4.69) is 0 Å². The van der Waals surface area contributed by atoms with Gasteiger partial charge in [0.1, 0.15) is 5.75 Å². The van der Waals surface area contributed by atoms with Gasteiger partial charge in [-0.3, -0.25) is 9.69 Å². The molecule has 0 bridgehead atoms. The van der Waals surface area contributed by atoms with Gasteiger partial charge in [0.2, 0.25) is 0 Å². The maximum atomic E-state index is 12.6.